The summed E-state index contributed by atoms with van der Waals surface area (Å²) in [5.41, 5.74) is -0.675. The van der Waals surface area contributed by atoms with E-state index in [0.29, 0.717) is 0 Å². The second kappa shape index (κ2) is 5.74. The maximum atomic E-state index is 13.2. The lowest BCUT2D eigenvalue weighted by molar-refractivity contribution is -0.387. The van der Waals surface area contributed by atoms with Crippen LogP contribution in [0.25, 0.3) is 0 Å². The van der Waals surface area contributed by atoms with E-state index in [4.69, 9.17) is 0 Å². The van der Waals surface area contributed by atoms with E-state index in [1.807, 2.05) is 6.92 Å². The maximum Gasteiger partial charge on any atom is 0.305 e. The van der Waals surface area contributed by atoms with Crippen molar-refractivity contribution in [1.29, 1.82) is 0 Å². The Labute approximate surface area is 117 Å². The van der Waals surface area contributed by atoms with Gasteiger partial charge in [-0.15, -0.1) is 11.3 Å². The summed E-state index contributed by atoms with van der Waals surface area (Å²) >= 11 is 1.44. The van der Waals surface area contributed by atoms with E-state index in [-0.39, 0.29) is 12.1 Å². The molecule has 0 aliphatic rings. The molecule has 1 amide bonds. The third-order valence-corrected chi connectivity index (χ3v) is 3.41. The summed E-state index contributed by atoms with van der Waals surface area (Å²) in [4.78, 5) is 26.5. The number of nitrogens with zero attached hydrogens (tertiary/aromatic N) is 2. The van der Waals surface area contributed by atoms with Gasteiger partial charge in [-0.25, -0.2) is 4.98 Å². The van der Waals surface area contributed by atoms with Crippen LogP contribution in [-0.2, 0) is 6.54 Å². The van der Waals surface area contributed by atoms with Gasteiger partial charge in [0.1, 0.15) is 0 Å². The van der Waals surface area contributed by atoms with E-state index in [1.54, 1.807) is 6.20 Å². The molecule has 1 aromatic heterocycles. The predicted octanol–water partition coefficient (Wildman–Crippen LogP) is 2.43. The Bertz CT molecular complexity index is 672. The van der Waals surface area contributed by atoms with Crippen molar-refractivity contribution < 1.29 is 14.1 Å². The minimum Gasteiger partial charge on any atom is -0.347 e. The molecule has 0 radical (unpaired) electrons. The van der Waals surface area contributed by atoms with E-state index < -0.39 is 22.3 Å². The number of thiazole rings is 1. The Morgan fingerprint density at radius 3 is 2.90 bits per heavy atom. The molecule has 0 fully saturated rings. The highest BCUT2D eigenvalue weighted by atomic mass is 32.1. The molecule has 0 bridgehead atoms. The van der Waals surface area contributed by atoms with Gasteiger partial charge in [0.15, 0.2) is 0 Å². The Morgan fingerprint density at radius 2 is 2.30 bits per heavy atom. The van der Waals surface area contributed by atoms with Crippen LogP contribution in [0, 0.1) is 22.9 Å². The fourth-order valence-electron chi connectivity index (χ4n) is 1.55. The van der Waals surface area contributed by atoms with Gasteiger partial charge in [0.05, 0.1) is 16.5 Å². The van der Waals surface area contributed by atoms with Gasteiger partial charge in [-0.05, 0) is 19.1 Å². The van der Waals surface area contributed by atoms with Crippen molar-refractivity contribution in [2.24, 2.45) is 0 Å². The SMILES string of the molecule is Cc1ncc(CNC(=O)c2ccc(F)c([N+](=O)[O-])c2)s1. The van der Waals surface area contributed by atoms with Gasteiger partial charge in [0.2, 0.25) is 5.82 Å². The molecule has 6 nitrogen and oxygen atoms in total. The van der Waals surface area contributed by atoms with E-state index in [0.717, 1.165) is 22.0 Å². The number of aromatic nitrogens is 1. The molecule has 1 N–H and O–H groups in total. The van der Waals surface area contributed by atoms with Crippen LogP contribution < -0.4 is 5.32 Å². The Hall–Kier alpha value is -2.35. The highest BCUT2D eigenvalue weighted by Gasteiger charge is 2.17. The van der Waals surface area contributed by atoms with Gasteiger partial charge in [-0.1, -0.05) is 0 Å². The summed E-state index contributed by atoms with van der Waals surface area (Å²) in [6, 6.07) is 3.03. The Kier molecular flexibility index (Phi) is 4.04. The van der Waals surface area contributed by atoms with Crippen LogP contribution in [-0.4, -0.2) is 15.8 Å². The third kappa shape index (κ3) is 3.15. The van der Waals surface area contributed by atoms with E-state index >= 15 is 0 Å². The average Bonchev–Trinajstić information content (AvgIpc) is 2.82. The summed E-state index contributed by atoms with van der Waals surface area (Å²) in [6.07, 6.45) is 1.65. The number of nitro benzene ring substituents is 1. The largest absolute Gasteiger partial charge is 0.347 e. The smallest absolute Gasteiger partial charge is 0.305 e. The molecule has 8 heteroatoms. The van der Waals surface area contributed by atoms with Crippen molar-refractivity contribution in [3.8, 4) is 0 Å². The number of halogens is 1. The van der Waals surface area contributed by atoms with Gasteiger partial charge in [0.25, 0.3) is 5.91 Å². The van der Waals surface area contributed by atoms with Crippen LogP contribution >= 0.6 is 11.3 Å². The zero-order valence-electron chi connectivity index (χ0n) is 10.4. The van der Waals surface area contributed by atoms with Crippen LogP contribution in [0.5, 0.6) is 0 Å². The number of hydrogen-bond acceptors (Lipinski definition) is 5. The zero-order valence-corrected chi connectivity index (χ0v) is 11.2. The van der Waals surface area contributed by atoms with E-state index in [1.165, 1.54) is 17.4 Å². The lowest BCUT2D eigenvalue weighted by atomic mass is 10.2. The average molecular weight is 295 g/mol. The quantitative estimate of drug-likeness (QED) is 0.693. The summed E-state index contributed by atoms with van der Waals surface area (Å²) < 4.78 is 13.2. The molecule has 0 aliphatic carbocycles. The van der Waals surface area contributed by atoms with Crippen molar-refractivity contribution >= 4 is 22.9 Å². The molecule has 0 saturated heterocycles. The molecule has 0 aliphatic heterocycles. The number of benzene rings is 1. The molecular formula is C12H10FN3O3S. The molecule has 1 aromatic carbocycles. The molecular weight excluding hydrogens is 285 g/mol. The summed E-state index contributed by atoms with van der Waals surface area (Å²) in [6.45, 7) is 2.12. The van der Waals surface area contributed by atoms with Gasteiger partial charge >= 0.3 is 5.69 Å². The molecule has 0 spiro atoms. The highest BCUT2D eigenvalue weighted by molar-refractivity contribution is 7.11. The normalized spacial score (nSPS) is 10.3. The second-order valence-corrected chi connectivity index (χ2v) is 5.27. The molecule has 2 aromatic rings. The van der Waals surface area contributed by atoms with Crippen molar-refractivity contribution in [3.05, 3.63) is 55.8 Å². The molecule has 104 valence electrons. The van der Waals surface area contributed by atoms with Gasteiger partial charge in [-0.2, -0.15) is 4.39 Å². The molecule has 0 saturated carbocycles. The Balaban J connectivity index is 2.09. The van der Waals surface area contributed by atoms with E-state index in [2.05, 4.69) is 10.3 Å². The summed E-state index contributed by atoms with van der Waals surface area (Å²) in [7, 11) is 0. The number of rotatable bonds is 4. The van der Waals surface area contributed by atoms with Gasteiger partial charge in [0, 0.05) is 22.7 Å². The number of carbonyl (C=O) groups is 1. The van der Waals surface area contributed by atoms with Crippen molar-refractivity contribution in [2.45, 2.75) is 13.5 Å². The summed E-state index contributed by atoms with van der Waals surface area (Å²) in [5, 5.41) is 14.1. The van der Waals surface area contributed by atoms with Crippen LogP contribution in [0.15, 0.2) is 24.4 Å². The topological polar surface area (TPSA) is 85.1 Å². The lowest BCUT2D eigenvalue weighted by Crippen LogP contribution is -2.22. The van der Waals surface area contributed by atoms with Crippen LogP contribution in [0.4, 0.5) is 10.1 Å². The number of hydrogen-bond donors (Lipinski definition) is 1. The molecule has 2 rings (SSSR count). The van der Waals surface area contributed by atoms with Crippen molar-refractivity contribution in [2.75, 3.05) is 0 Å². The maximum absolute atomic E-state index is 13.2. The zero-order chi connectivity index (χ0) is 14.7. The minimum atomic E-state index is -0.968. The first-order valence-electron chi connectivity index (χ1n) is 5.61. The van der Waals surface area contributed by atoms with Crippen LogP contribution in [0.2, 0.25) is 0 Å². The predicted molar refractivity (Wildman–Crippen MR) is 71.1 cm³/mol. The van der Waals surface area contributed by atoms with Crippen molar-refractivity contribution in [1.82, 2.24) is 10.3 Å². The molecule has 0 atom stereocenters. The highest BCUT2D eigenvalue weighted by Crippen LogP contribution is 2.18. The lowest BCUT2D eigenvalue weighted by Gasteiger charge is -2.03. The fourth-order valence-corrected chi connectivity index (χ4v) is 2.28. The number of amides is 1. The van der Waals surface area contributed by atoms with Crippen molar-refractivity contribution in [3.63, 3.8) is 0 Å². The van der Waals surface area contributed by atoms with E-state index in [9.17, 15) is 19.3 Å². The third-order valence-electron chi connectivity index (χ3n) is 2.50. The second-order valence-electron chi connectivity index (χ2n) is 3.95. The Morgan fingerprint density at radius 1 is 1.55 bits per heavy atom. The van der Waals surface area contributed by atoms with Crippen LogP contribution in [0.3, 0.4) is 0 Å². The first kappa shape index (κ1) is 14.1. The molecule has 20 heavy (non-hydrogen) atoms. The first-order chi connectivity index (χ1) is 9.47. The summed E-state index contributed by atoms with van der Waals surface area (Å²) in [5.74, 6) is -1.47. The fraction of sp³-hybridized carbons (Fsp3) is 0.167. The number of aryl methyl sites for hydroxylation is 1. The molecule has 1 heterocycles. The van der Waals surface area contributed by atoms with Gasteiger partial charge in [-0.3, -0.25) is 14.9 Å². The van der Waals surface area contributed by atoms with Gasteiger partial charge < -0.3 is 5.32 Å². The minimum absolute atomic E-state index is 0.0411. The molecule has 0 unspecified atom stereocenters. The van der Waals surface area contributed by atoms with Crippen LogP contribution in [0.1, 0.15) is 20.2 Å². The number of nitro groups is 1. The number of carbonyl (C=O) groups excluding carboxylic acids is 1. The monoisotopic (exact) mass is 295 g/mol. The number of nitrogens with one attached hydrogen (secondary N) is 1. The first-order valence-corrected chi connectivity index (χ1v) is 6.42. The standard InChI is InChI=1S/C12H10FN3O3S/c1-7-14-5-9(20-7)6-15-12(17)8-2-3-10(13)11(4-8)16(18)19/h2-5H,6H2,1H3,(H,15,17).